The molecule has 1 aromatic heterocycles. The van der Waals surface area contributed by atoms with Crippen LogP contribution in [0, 0.1) is 11.6 Å². The third-order valence-corrected chi connectivity index (χ3v) is 2.04. The van der Waals surface area contributed by atoms with E-state index in [1.165, 1.54) is 12.3 Å². The fraction of sp³-hybridized carbons (Fsp3) is 0. The molecule has 0 aliphatic carbocycles. The van der Waals surface area contributed by atoms with Gasteiger partial charge in [-0.05, 0) is 23.8 Å². The molecule has 0 aliphatic rings. The van der Waals surface area contributed by atoms with E-state index < -0.39 is 11.6 Å². The highest BCUT2D eigenvalue weighted by molar-refractivity contribution is 5.88. The molecular formula is C11H7F2N. The van der Waals surface area contributed by atoms with Crippen LogP contribution in [-0.4, -0.2) is 4.98 Å². The van der Waals surface area contributed by atoms with Crippen LogP contribution in [0.15, 0.2) is 31.0 Å². The lowest BCUT2D eigenvalue weighted by Gasteiger charge is -2.03. The molecule has 14 heavy (non-hydrogen) atoms. The quantitative estimate of drug-likeness (QED) is 0.674. The van der Waals surface area contributed by atoms with Gasteiger partial charge in [0.15, 0.2) is 0 Å². The van der Waals surface area contributed by atoms with E-state index in [2.05, 4.69) is 11.6 Å². The molecule has 0 N–H and O–H groups in total. The first kappa shape index (κ1) is 8.81. The molecule has 0 radical (unpaired) electrons. The van der Waals surface area contributed by atoms with E-state index in [4.69, 9.17) is 0 Å². The Morgan fingerprint density at radius 1 is 1.14 bits per heavy atom. The van der Waals surface area contributed by atoms with E-state index in [9.17, 15) is 8.78 Å². The molecule has 0 unspecified atom stereocenters. The summed E-state index contributed by atoms with van der Waals surface area (Å²) in [6, 6.07) is 3.75. The van der Waals surface area contributed by atoms with Gasteiger partial charge in [0.25, 0.3) is 0 Å². The normalized spacial score (nSPS) is 10.4. The first-order chi connectivity index (χ1) is 6.74. The predicted octanol–water partition coefficient (Wildman–Crippen LogP) is 3.16. The van der Waals surface area contributed by atoms with Gasteiger partial charge in [-0.2, -0.15) is 0 Å². The Balaban J connectivity index is 2.99. The summed E-state index contributed by atoms with van der Waals surface area (Å²) in [5.41, 5.74) is 0.592. The Kier molecular flexibility index (Phi) is 2.00. The van der Waals surface area contributed by atoms with Gasteiger partial charge in [0.05, 0.1) is 0 Å². The van der Waals surface area contributed by atoms with Crippen LogP contribution in [-0.2, 0) is 0 Å². The largest absolute Gasteiger partial charge is 0.253 e. The third kappa shape index (κ3) is 1.18. The predicted molar refractivity (Wildman–Crippen MR) is 51.8 cm³/mol. The molecule has 0 atom stereocenters. The van der Waals surface area contributed by atoms with Crippen molar-refractivity contribution in [2.45, 2.75) is 0 Å². The fourth-order valence-corrected chi connectivity index (χ4v) is 1.39. The van der Waals surface area contributed by atoms with Crippen molar-refractivity contribution < 1.29 is 8.78 Å². The molecular weight excluding hydrogens is 184 g/mol. The van der Waals surface area contributed by atoms with Crippen LogP contribution in [0.5, 0.6) is 0 Å². The molecule has 0 saturated carbocycles. The third-order valence-electron chi connectivity index (χ3n) is 2.04. The standard InChI is InChI=1S/C11H7F2N/c1-2-7-5-6-14-11-9(13)4-3-8(12)10(7)11/h2-6H,1H2. The van der Waals surface area contributed by atoms with Crippen molar-refractivity contribution in [2.75, 3.05) is 0 Å². The molecule has 70 valence electrons. The zero-order valence-electron chi connectivity index (χ0n) is 7.30. The van der Waals surface area contributed by atoms with Crippen LogP contribution in [0.25, 0.3) is 17.0 Å². The molecule has 1 nitrogen and oxygen atoms in total. The van der Waals surface area contributed by atoms with E-state index in [1.54, 1.807) is 6.07 Å². The Morgan fingerprint density at radius 3 is 2.57 bits per heavy atom. The molecule has 3 heteroatoms. The number of pyridine rings is 1. The average molecular weight is 191 g/mol. The minimum Gasteiger partial charge on any atom is -0.253 e. The number of fused-ring (bicyclic) bond motifs is 1. The van der Waals surface area contributed by atoms with Gasteiger partial charge >= 0.3 is 0 Å². The number of hydrogen-bond acceptors (Lipinski definition) is 1. The maximum atomic E-state index is 13.4. The summed E-state index contributed by atoms with van der Waals surface area (Å²) in [5.74, 6) is -1.01. The summed E-state index contributed by atoms with van der Waals surface area (Å²) >= 11 is 0. The molecule has 2 aromatic rings. The van der Waals surface area contributed by atoms with E-state index in [1.807, 2.05) is 0 Å². The zero-order chi connectivity index (χ0) is 10.1. The van der Waals surface area contributed by atoms with Crippen molar-refractivity contribution >= 4 is 17.0 Å². The first-order valence-corrected chi connectivity index (χ1v) is 4.09. The lowest BCUT2D eigenvalue weighted by atomic mass is 10.1. The molecule has 1 aromatic carbocycles. The Hall–Kier alpha value is -1.77. The van der Waals surface area contributed by atoms with Crippen LogP contribution >= 0.6 is 0 Å². The summed E-state index contributed by atoms with van der Waals surface area (Å²) in [7, 11) is 0. The van der Waals surface area contributed by atoms with Crippen molar-refractivity contribution in [1.82, 2.24) is 4.98 Å². The maximum Gasteiger partial charge on any atom is 0.149 e. The SMILES string of the molecule is C=Cc1ccnc2c(F)ccc(F)c12. The molecule has 0 saturated heterocycles. The summed E-state index contributed by atoms with van der Waals surface area (Å²) in [4.78, 5) is 3.79. The first-order valence-electron chi connectivity index (χ1n) is 4.09. The topological polar surface area (TPSA) is 12.9 Å². The second-order valence-corrected chi connectivity index (χ2v) is 2.86. The minimum atomic E-state index is -0.523. The van der Waals surface area contributed by atoms with Gasteiger partial charge in [-0.15, -0.1) is 0 Å². The van der Waals surface area contributed by atoms with Gasteiger partial charge in [-0.1, -0.05) is 12.7 Å². The van der Waals surface area contributed by atoms with Crippen molar-refractivity contribution in [3.63, 3.8) is 0 Å². The highest BCUT2D eigenvalue weighted by Crippen LogP contribution is 2.23. The lowest BCUT2D eigenvalue weighted by Crippen LogP contribution is -1.90. The fourth-order valence-electron chi connectivity index (χ4n) is 1.39. The minimum absolute atomic E-state index is 0.0439. The van der Waals surface area contributed by atoms with Crippen LogP contribution in [0.4, 0.5) is 8.78 Å². The van der Waals surface area contributed by atoms with Crippen molar-refractivity contribution in [1.29, 1.82) is 0 Å². The van der Waals surface area contributed by atoms with Gasteiger partial charge in [-0.3, -0.25) is 4.98 Å². The van der Waals surface area contributed by atoms with Crippen molar-refractivity contribution in [2.24, 2.45) is 0 Å². The highest BCUT2D eigenvalue weighted by Gasteiger charge is 2.09. The van der Waals surface area contributed by atoms with Gasteiger partial charge in [0, 0.05) is 11.6 Å². The molecule has 0 fully saturated rings. The van der Waals surface area contributed by atoms with Crippen molar-refractivity contribution in [3.05, 3.63) is 48.2 Å². The van der Waals surface area contributed by atoms with Crippen LogP contribution in [0.1, 0.15) is 5.56 Å². The lowest BCUT2D eigenvalue weighted by molar-refractivity contribution is 0.615. The van der Waals surface area contributed by atoms with Gasteiger partial charge < -0.3 is 0 Å². The Morgan fingerprint density at radius 2 is 1.86 bits per heavy atom. The number of halogens is 2. The van der Waals surface area contributed by atoms with E-state index in [-0.39, 0.29) is 10.9 Å². The number of aromatic nitrogens is 1. The van der Waals surface area contributed by atoms with E-state index in [0.717, 1.165) is 12.1 Å². The van der Waals surface area contributed by atoms with Gasteiger partial charge in [0.2, 0.25) is 0 Å². The van der Waals surface area contributed by atoms with Gasteiger partial charge in [0.1, 0.15) is 17.2 Å². The van der Waals surface area contributed by atoms with Crippen LogP contribution in [0.2, 0.25) is 0 Å². The molecule has 0 spiro atoms. The summed E-state index contributed by atoms with van der Waals surface area (Å²) in [6.45, 7) is 3.53. The number of nitrogens with zero attached hydrogens (tertiary/aromatic N) is 1. The average Bonchev–Trinajstić information content (AvgIpc) is 2.23. The van der Waals surface area contributed by atoms with Crippen molar-refractivity contribution in [3.8, 4) is 0 Å². The van der Waals surface area contributed by atoms with Gasteiger partial charge in [-0.25, -0.2) is 8.78 Å². The number of hydrogen-bond donors (Lipinski definition) is 0. The second kappa shape index (κ2) is 3.18. The summed E-state index contributed by atoms with van der Waals surface area (Å²) in [6.07, 6.45) is 2.91. The zero-order valence-corrected chi connectivity index (χ0v) is 7.30. The smallest absolute Gasteiger partial charge is 0.149 e. The van der Waals surface area contributed by atoms with Crippen LogP contribution in [0.3, 0.4) is 0 Å². The monoisotopic (exact) mass is 191 g/mol. The number of rotatable bonds is 1. The molecule has 0 aliphatic heterocycles. The maximum absolute atomic E-state index is 13.4. The van der Waals surface area contributed by atoms with Crippen LogP contribution < -0.4 is 0 Å². The molecule has 1 heterocycles. The summed E-state index contributed by atoms with van der Waals surface area (Å²) < 4.78 is 26.6. The van der Waals surface area contributed by atoms with E-state index >= 15 is 0 Å². The molecule has 2 rings (SSSR count). The Bertz CT molecular complexity index is 506. The summed E-state index contributed by atoms with van der Waals surface area (Å²) in [5, 5.41) is 0.183. The van der Waals surface area contributed by atoms with E-state index in [0.29, 0.717) is 5.56 Å². The number of benzene rings is 1. The molecule has 0 bridgehead atoms. The highest BCUT2D eigenvalue weighted by atomic mass is 19.1. The molecule has 0 amide bonds. The second-order valence-electron chi connectivity index (χ2n) is 2.86. The Labute approximate surface area is 79.7 Å².